The summed E-state index contributed by atoms with van der Waals surface area (Å²) in [5, 5.41) is 13.9. The lowest BCUT2D eigenvalue weighted by Crippen LogP contribution is -2.23. The molecule has 0 radical (unpaired) electrons. The van der Waals surface area contributed by atoms with E-state index in [0.717, 1.165) is 4.47 Å². The Kier molecular flexibility index (Phi) is 7.36. The molecule has 2 aromatic carbocycles. The van der Waals surface area contributed by atoms with Crippen molar-refractivity contribution in [3.05, 3.63) is 60.0 Å². The normalized spacial score (nSPS) is 11.3. The van der Waals surface area contributed by atoms with Crippen molar-refractivity contribution in [2.75, 3.05) is 13.7 Å². The van der Waals surface area contributed by atoms with Crippen LogP contribution in [0.25, 0.3) is 10.9 Å². The van der Waals surface area contributed by atoms with Crippen LogP contribution in [-0.4, -0.2) is 29.6 Å². The SMILES string of the molecule is COc1cc(C=Nn2c(C(C)C)nc3ccc(Br)cc3c2=O)c(Br)c(Cl)c1OCC#N. The van der Waals surface area contributed by atoms with Gasteiger partial charge in [0.2, 0.25) is 0 Å². The molecule has 3 aromatic rings. The third-order valence-electron chi connectivity index (χ3n) is 4.32. The van der Waals surface area contributed by atoms with Crippen LogP contribution in [0.15, 0.2) is 43.1 Å². The molecule has 0 aliphatic rings. The van der Waals surface area contributed by atoms with Gasteiger partial charge in [0.1, 0.15) is 16.9 Å². The van der Waals surface area contributed by atoms with Gasteiger partial charge in [0.15, 0.2) is 18.1 Å². The molecule has 0 fully saturated rings. The van der Waals surface area contributed by atoms with Crippen molar-refractivity contribution < 1.29 is 9.47 Å². The third-order valence-corrected chi connectivity index (χ3v) is 6.26. The first-order valence-electron chi connectivity index (χ1n) is 9.10. The number of nitriles is 1. The van der Waals surface area contributed by atoms with Gasteiger partial charge in [-0.05, 0) is 40.2 Å². The summed E-state index contributed by atoms with van der Waals surface area (Å²) in [4.78, 5) is 17.8. The molecule has 31 heavy (non-hydrogen) atoms. The highest BCUT2D eigenvalue weighted by Crippen LogP contribution is 2.42. The molecule has 0 saturated heterocycles. The van der Waals surface area contributed by atoms with Gasteiger partial charge in [-0.2, -0.15) is 15.0 Å². The molecule has 7 nitrogen and oxygen atoms in total. The van der Waals surface area contributed by atoms with Gasteiger partial charge < -0.3 is 9.47 Å². The van der Waals surface area contributed by atoms with Crippen LogP contribution in [0.3, 0.4) is 0 Å². The second kappa shape index (κ2) is 9.81. The average molecular weight is 569 g/mol. The molecule has 160 valence electrons. The van der Waals surface area contributed by atoms with E-state index in [1.807, 2.05) is 26.0 Å². The Morgan fingerprint density at radius 1 is 1.35 bits per heavy atom. The molecule has 0 unspecified atom stereocenters. The number of benzene rings is 2. The third kappa shape index (κ3) is 4.76. The van der Waals surface area contributed by atoms with E-state index in [1.54, 1.807) is 18.2 Å². The monoisotopic (exact) mass is 566 g/mol. The topological polar surface area (TPSA) is 89.5 Å². The Bertz CT molecular complexity index is 1280. The summed E-state index contributed by atoms with van der Waals surface area (Å²) in [5.41, 5.74) is 0.879. The lowest BCUT2D eigenvalue weighted by atomic mass is 10.2. The van der Waals surface area contributed by atoms with E-state index in [1.165, 1.54) is 18.0 Å². The zero-order valence-electron chi connectivity index (χ0n) is 16.8. The second-order valence-electron chi connectivity index (χ2n) is 6.72. The minimum Gasteiger partial charge on any atom is -0.493 e. The maximum Gasteiger partial charge on any atom is 0.282 e. The standard InChI is InChI=1S/C21H17Br2ClN4O3/c1-11(2)20-27-15-5-4-13(22)9-14(15)21(29)28(20)26-10-12-8-16(30-3)19(31-7-6-25)18(24)17(12)23/h4-5,8-11H,7H2,1-3H3. The van der Waals surface area contributed by atoms with Crippen LogP contribution in [-0.2, 0) is 0 Å². The number of rotatable bonds is 6. The zero-order valence-corrected chi connectivity index (χ0v) is 20.7. The highest BCUT2D eigenvalue weighted by Gasteiger charge is 2.18. The summed E-state index contributed by atoms with van der Waals surface area (Å²) >= 11 is 13.2. The first-order valence-corrected chi connectivity index (χ1v) is 11.1. The predicted octanol–water partition coefficient (Wildman–Crippen LogP) is 5.49. The first-order chi connectivity index (χ1) is 14.8. The van der Waals surface area contributed by atoms with Crippen LogP contribution in [0, 0.1) is 11.3 Å². The number of aromatic nitrogens is 2. The Morgan fingerprint density at radius 3 is 2.74 bits per heavy atom. The fourth-order valence-corrected chi connectivity index (χ4v) is 3.88. The molecule has 0 N–H and O–H groups in total. The number of nitrogens with zero attached hydrogens (tertiary/aromatic N) is 4. The molecule has 1 aromatic heterocycles. The largest absolute Gasteiger partial charge is 0.493 e. The van der Waals surface area contributed by atoms with E-state index in [9.17, 15) is 4.79 Å². The van der Waals surface area contributed by atoms with E-state index < -0.39 is 0 Å². The number of halogens is 3. The summed E-state index contributed by atoms with van der Waals surface area (Å²) in [6, 6.07) is 8.90. The molecule has 0 aliphatic carbocycles. The van der Waals surface area contributed by atoms with Crippen LogP contribution in [0.1, 0.15) is 31.2 Å². The number of hydrogen-bond acceptors (Lipinski definition) is 6. The first kappa shape index (κ1) is 23.3. The van der Waals surface area contributed by atoms with E-state index in [0.29, 0.717) is 32.5 Å². The van der Waals surface area contributed by atoms with Crippen LogP contribution < -0.4 is 15.0 Å². The molecule has 0 atom stereocenters. The van der Waals surface area contributed by atoms with Gasteiger partial charge in [0, 0.05) is 20.4 Å². The van der Waals surface area contributed by atoms with Crippen molar-refractivity contribution >= 4 is 60.6 Å². The van der Waals surface area contributed by atoms with Crippen LogP contribution in [0.2, 0.25) is 5.02 Å². The van der Waals surface area contributed by atoms with Crippen molar-refractivity contribution in [3.63, 3.8) is 0 Å². The smallest absolute Gasteiger partial charge is 0.282 e. The molecule has 0 bridgehead atoms. The van der Waals surface area contributed by atoms with Crippen molar-refractivity contribution in [1.29, 1.82) is 5.26 Å². The minimum absolute atomic E-state index is 0.0405. The summed E-state index contributed by atoms with van der Waals surface area (Å²) < 4.78 is 13.3. The van der Waals surface area contributed by atoms with Crippen LogP contribution in [0.5, 0.6) is 11.5 Å². The number of hydrogen-bond donors (Lipinski definition) is 0. The fraction of sp³-hybridized carbons (Fsp3) is 0.238. The van der Waals surface area contributed by atoms with Crippen molar-refractivity contribution in [2.45, 2.75) is 19.8 Å². The van der Waals surface area contributed by atoms with Gasteiger partial charge in [-0.25, -0.2) is 4.98 Å². The van der Waals surface area contributed by atoms with Crippen molar-refractivity contribution in [1.82, 2.24) is 9.66 Å². The van der Waals surface area contributed by atoms with Crippen molar-refractivity contribution in [3.8, 4) is 17.6 Å². The number of ether oxygens (including phenoxy) is 2. The van der Waals surface area contributed by atoms with Crippen LogP contribution >= 0.6 is 43.5 Å². The Labute approximate surface area is 200 Å². The van der Waals surface area contributed by atoms with Gasteiger partial charge in [-0.3, -0.25) is 4.79 Å². The minimum atomic E-state index is -0.283. The van der Waals surface area contributed by atoms with E-state index in [2.05, 4.69) is 41.9 Å². The summed E-state index contributed by atoms with van der Waals surface area (Å²) in [6.07, 6.45) is 1.49. The molecule has 1 heterocycles. The van der Waals surface area contributed by atoms with Gasteiger partial charge >= 0.3 is 0 Å². The molecule has 0 spiro atoms. The molecule has 0 aliphatic heterocycles. The number of methoxy groups -OCH3 is 1. The zero-order chi connectivity index (χ0) is 22.7. The molecule has 3 rings (SSSR count). The molecule has 0 saturated carbocycles. The lowest BCUT2D eigenvalue weighted by Gasteiger charge is -2.14. The quantitative estimate of drug-likeness (QED) is 0.367. The molecule has 0 amide bonds. The number of fused-ring (bicyclic) bond motifs is 1. The van der Waals surface area contributed by atoms with Gasteiger partial charge in [-0.1, -0.05) is 41.4 Å². The lowest BCUT2D eigenvalue weighted by molar-refractivity contribution is 0.329. The summed E-state index contributed by atoms with van der Waals surface area (Å²) in [6.45, 7) is 3.70. The predicted molar refractivity (Wildman–Crippen MR) is 128 cm³/mol. The second-order valence-corrected chi connectivity index (χ2v) is 8.81. The fourth-order valence-electron chi connectivity index (χ4n) is 2.86. The molecular weight excluding hydrogens is 552 g/mol. The van der Waals surface area contributed by atoms with E-state index in [4.69, 9.17) is 26.3 Å². The highest BCUT2D eigenvalue weighted by molar-refractivity contribution is 9.10. The van der Waals surface area contributed by atoms with Gasteiger partial charge in [-0.15, -0.1) is 0 Å². The van der Waals surface area contributed by atoms with Gasteiger partial charge in [0.25, 0.3) is 5.56 Å². The Morgan fingerprint density at radius 2 is 2.10 bits per heavy atom. The van der Waals surface area contributed by atoms with Crippen molar-refractivity contribution in [2.24, 2.45) is 5.10 Å². The summed E-state index contributed by atoms with van der Waals surface area (Å²) in [7, 11) is 1.46. The Hall–Kier alpha value is -2.41. The van der Waals surface area contributed by atoms with Gasteiger partial charge in [0.05, 0.1) is 24.2 Å². The van der Waals surface area contributed by atoms with E-state index >= 15 is 0 Å². The summed E-state index contributed by atoms with van der Waals surface area (Å²) in [5.74, 6) is 1.06. The van der Waals surface area contributed by atoms with E-state index in [-0.39, 0.29) is 28.9 Å². The maximum atomic E-state index is 13.1. The highest BCUT2D eigenvalue weighted by atomic mass is 79.9. The molecule has 10 heteroatoms. The molecular formula is C21H17Br2ClN4O3. The Balaban J connectivity index is 2.16. The maximum absolute atomic E-state index is 13.1. The van der Waals surface area contributed by atoms with Crippen LogP contribution in [0.4, 0.5) is 0 Å². The average Bonchev–Trinajstić information content (AvgIpc) is 2.75.